The van der Waals surface area contributed by atoms with Gasteiger partial charge < -0.3 is 14.4 Å². The number of amides is 1. The van der Waals surface area contributed by atoms with Crippen LogP contribution in [0, 0.1) is 5.92 Å². The van der Waals surface area contributed by atoms with Crippen molar-refractivity contribution in [1.82, 2.24) is 9.80 Å². The Morgan fingerprint density at radius 2 is 1.93 bits per heavy atom. The monoisotopic (exact) mass is 608 g/mol. The van der Waals surface area contributed by atoms with E-state index in [9.17, 15) is 22.8 Å². The zero-order valence-electron chi connectivity index (χ0n) is 25.4. The molecule has 0 N–H and O–H groups in total. The largest absolute Gasteiger partial charge is 0.487 e. The van der Waals surface area contributed by atoms with Crippen LogP contribution in [0.25, 0.3) is 6.08 Å². The van der Waals surface area contributed by atoms with E-state index in [1.54, 1.807) is 6.08 Å². The summed E-state index contributed by atoms with van der Waals surface area (Å²) in [6.07, 6.45) is 2.65. The summed E-state index contributed by atoms with van der Waals surface area (Å²) in [5.41, 5.74) is 0.636. The summed E-state index contributed by atoms with van der Waals surface area (Å²) in [6.45, 7) is 11.5. The molecule has 2 aliphatic heterocycles. The SMILES string of the molecule is C=CCN1CC[C@]23c4c5cccc4O[C@H]2[C@H](N(CC(C)C)C(=O)C=Cc2ccc(C(F)(F)F)cc2)CC[C@@]3(OC(C)=O)[C@H]1C5. The van der Waals surface area contributed by atoms with Gasteiger partial charge in [-0.1, -0.05) is 44.2 Å². The second-order valence-corrected chi connectivity index (χ2v) is 13.0. The van der Waals surface area contributed by atoms with Crippen molar-refractivity contribution in [1.29, 1.82) is 0 Å². The fourth-order valence-electron chi connectivity index (χ4n) is 8.54. The Morgan fingerprint density at radius 1 is 1.18 bits per heavy atom. The second kappa shape index (κ2) is 11.1. The van der Waals surface area contributed by atoms with Crippen LogP contribution in [0.3, 0.4) is 0 Å². The Morgan fingerprint density at radius 3 is 2.59 bits per heavy atom. The molecule has 1 saturated heterocycles. The summed E-state index contributed by atoms with van der Waals surface area (Å²) in [4.78, 5) is 31.0. The number of likely N-dealkylation sites (tertiary alicyclic amines) is 1. The normalized spacial score (nSPS) is 28.8. The van der Waals surface area contributed by atoms with Crippen LogP contribution in [0.2, 0.25) is 0 Å². The Labute approximate surface area is 256 Å². The third kappa shape index (κ3) is 4.75. The number of hydrogen-bond donors (Lipinski definition) is 0. The number of carbonyl (C=O) groups is 2. The van der Waals surface area contributed by atoms with Gasteiger partial charge >= 0.3 is 12.1 Å². The first-order valence-electron chi connectivity index (χ1n) is 15.4. The van der Waals surface area contributed by atoms with Crippen LogP contribution < -0.4 is 4.74 Å². The van der Waals surface area contributed by atoms with Crippen molar-refractivity contribution in [2.45, 2.75) is 81.8 Å². The zero-order valence-corrected chi connectivity index (χ0v) is 25.4. The van der Waals surface area contributed by atoms with E-state index in [0.29, 0.717) is 37.9 Å². The molecule has 0 unspecified atom stereocenters. The summed E-state index contributed by atoms with van der Waals surface area (Å²) in [7, 11) is 0. The van der Waals surface area contributed by atoms with Crippen LogP contribution in [-0.2, 0) is 32.3 Å². The van der Waals surface area contributed by atoms with Crippen LogP contribution in [0.1, 0.15) is 62.3 Å². The molecule has 4 aliphatic rings. The lowest BCUT2D eigenvalue weighted by Crippen LogP contribution is -2.79. The number of esters is 1. The van der Waals surface area contributed by atoms with E-state index >= 15 is 0 Å². The predicted molar refractivity (Wildman–Crippen MR) is 161 cm³/mol. The molecule has 2 fully saturated rings. The number of nitrogens with zero attached hydrogens (tertiary/aromatic N) is 2. The molecule has 44 heavy (non-hydrogen) atoms. The van der Waals surface area contributed by atoms with Gasteiger partial charge in [-0.05, 0) is 67.0 Å². The van der Waals surface area contributed by atoms with Crippen molar-refractivity contribution in [2.24, 2.45) is 5.92 Å². The fourth-order valence-corrected chi connectivity index (χ4v) is 8.54. The number of alkyl halides is 3. The Bertz CT molecular complexity index is 1490. The van der Waals surface area contributed by atoms with Crippen molar-refractivity contribution < 1.29 is 32.2 Å². The van der Waals surface area contributed by atoms with Gasteiger partial charge in [0.25, 0.3) is 0 Å². The summed E-state index contributed by atoms with van der Waals surface area (Å²) in [5.74, 6) is 0.401. The third-order valence-corrected chi connectivity index (χ3v) is 9.99. The number of rotatable bonds is 8. The number of halogens is 3. The van der Waals surface area contributed by atoms with Crippen molar-refractivity contribution in [2.75, 3.05) is 19.6 Å². The summed E-state index contributed by atoms with van der Waals surface area (Å²) in [6, 6.07) is 10.5. The maximum absolute atomic E-state index is 14.0. The van der Waals surface area contributed by atoms with Crippen molar-refractivity contribution in [3.63, 3.8) is 0 Å². The topological polar surface area (TPSA) is 59.1 Å². The van der Waals surface area contributed by atoms with Gasteiger partial charge in [0.1, 0.15) is 17.5 Å². The van der Waals surface area contributed by atoms with E-state index in [-0.39, 0.29) is 29.9 Å². The highest BCUT2D eigenvalue weighted by molar-refractivity contribution is 5.92. The minimum atomic E-state index is -4.42. The molecule has 2 aliphatic carbocycles. The number of benzene rings is 2. The van der Waals surface area contributed by atoms with E-state index in [1.165, 1.54) is 30.7 Å². The molecule has 234 valence electrons. The minimum absolute atomic E-state index is 0.0557. The van der Waals surface area contributed by atoms with Gasteiger partial charge in [0.15, 0.2) is 0 Å². The van der Waals surface area contributed by atoms with Gasteiger partial charge in [0, 0.05) is 38.2 Å². The molecule has 9 heteroatoms. The highest BCUT2D eigenvalue weighted by atomic mass is 19.4. The van der Waals surface area contributed by atoms with Crippen LogP contribution in [0.15, 0.2) is 61.2 Å². The molecule has 1 amide bonds. The first kappa shape index (κ1) is 30.4. The molecule has 6 nitrogen and oxygen atoms in total. The maximum atomic E-state index is 14.0. The van der Waals surface area contributed by atoms with Crippen molar-refractivity contribution in [3.8, 4) is 5.75 Å². The average Bonchev–Trinajstić information content (AvgIpc) is 3.30. The number of carbonyl (C=O) groups excluding carboxylic acids is 2. The smallest absolute Gasteiger partial charge is 0.416 e. The molecule has 0 aromatic heterocycles. The first-order valence-corrected chi connectivity index (χ1v) is 15.4. The Kier molecular flexibility index (Phi) is 7.67. The van der Waals surface area contributed by atoms with E-state index in [0.717, 1.165) is 36.4 Å². The van der Waals surface area contributed by atoms with E-state index in [4.69, 9.17) is 9.47 Å². The number of piperidine rings is 1. The quantitative estimate of drug-likeness (QED) is 0.204. The lowest BCUT2D eigenvalue weighted by Gasteiger charge is -2.65. The lowest BCUT2D eigenvalue weighted by molar-refractivity contribution is -0.223. The third-order valence-electron chi connectivity index (χ3n) is 9.99. The van der Waals surface area contributed by atoms with Gasteiger partial charge in [-0.2, -0.15) is 13.2 Å². The van der Waals surface area contributed by atoms with Crippen LogP contribution in [0.5, 0.6) is 5.75 Å². The number of hydrogen-bond acceptors (Lipinski definition) is 5. The maximum Gasteiger partial charge on any atom is 0.416 e. The summed E-state index contributed by atoms with van der Waals surface area (Å²) < 4.78 is 52.5. The molecule has 1 saturated carbocycles. The summed E-state index contributed by atoms with van der Waals surface area (Å²) >= 11 is 0. The van der Waals surface area contributed by atoms with Gasteiger partial charge in [-0.3, -0.25) is 14.5 Å². The molecule has 6 rings (SSSR count). The molecule has 5 atom stereocenters. The molecule has 2 aromatic carbocycles. The van der Waals surface area contributed by atoms with E-state index in [1.807, 2.05) is 23.1 Å². The molecule has 2 bridgehead atoms. The highest BCUT2D eigenvalue weighted by Crippen LogP contribution is 2.65. The number of ether oxygens (including phenoxy) is 2. The van der Waals surface area contributed by atoms with Crippen LogP contribution >= 0.6 is 0 Å². The first-order chi connectivity index (χ1) is 20.9. The van der Waals surface area contributed by atoms with Crippen LogP contribution in [0.4, 0.5) is 13.2 Å². The molecule has 2 aromatic rings. The molecule has 1 spiro atoms. The zero-order chi connectivity index (χ0) is 31.4. The van der Waals surface area contributed by atoms with Gasteiger partial charge in [0.2, 0.25) is 5.91 Å². The second-order valence-electron chi connectivity index (χ2n) is 13.0. The standard InChI is InChI=1S/C35H39F3N2O4/c1-5-18-39-19-17-33-31-25-7-6-8-28(31)43-32(33)27(15-16-34(33,29(39)20-25)44-23(4)41)40(21-22(2)3)30(42)14-11-24-9-12-26(13-10-24)35(36,37)38/h5-14,22,27,29,32H,1,15-21H2,2-4H3/t27-,29-,32+,33+,34-/m1/s1. The lowest BCUT2D eigenvalue weighted by atomic mass is 9.48. The van der Waals surface area contributed by atoms with E-state index < -0.39 is 28.9 Å². The predicted octanol–water partition coefficient (Wildman–Crippen LogP) is 6.18. The fraction of sp³-hybridized carbons (Fsp3) is 0.486. The Hall–Kier alpha value is -3.59. The molecule has 2 heterocycles. The minimum Gasteiger partial charge on any atom is -0.487 e. The van der Waals surface area contributed by atoms with Crippen LogP contribution in [-0.4, -0.2) is 65.1 Å². The molecular formula is C35H39F3N2O4. The van der Waals surface area contributed by atoms with Crippen molar-refractivity contribution >= 4 is 18.0 Å². The molecule has 0 radical (unpaired) electrons. The van der Waals surface area contributed by atoms with E-state index in [2.05, 4.69) is 31.4 Å². The van der Waals surface area contributed by atoms with Gasteiger partial charge in [0.05, 0.1) is 23.1 Å². The van der Waals surface area contributed by atoms with Crippen molar-refractivity contribution in [3.05, 3.63) is 83.4 Å². The van der Waals surface area contributed by atoms with Gasteiger partial charge in [-0.25, -0.2) is 0 Å². The summed E-state index contributed by atoms with van der Waals surface area (Å²) in [5, 5.41) is 0. The molecular weight excluding hydrogens is 569 g/mol. The Balaban J connectivity index is 1.39. The highest BCUT2D eigenvalue weighted by Gasteiger charge is 2.75. The average molecular weight is 609 g/mol. The van der Waals surface area contributed by atoms with Gasteiger partial charge in [-0.15, -0.1) is 6.58 Å².